The van der Waals surface area contributed by atoms with E-state index in [1.54, 1.807) is 30.2 Å². The number of hydrogen-bond acceptors (Lipinski definition) is 3. The van der Waals surface area contributed by atoms with Crippen molar-refractivity contribution in [2.24, 2.45) is 11.8 Å². The summed E-state index contributed by atoms with van der Waals surface area (Å²) in [6, 6.07) is 20.7. The zero-order valence-corrected chi connectivity index (χ0v) is 21.6. The highest BCUT2D eigenvalue weighted by Crippen LogP contribution is 2.45. The van der Waals surface area contributed by atoms with E-state index in [1.807, 2.05) is 47.4 Å². The third-order valence-electron chi connectivity index (χ3n) is 7.61. The van der Waals surface area contributed by atoms with Crippen LogP contribution in [0.25, 0.3) is 0 Å². The minimum absolute atomic E-state index is 0.0447. The average Bonchev–Trinajstić information content (AvgIpc) is 2.90. The first-order valence-corrected chi connectivity index (χ1v) is 12.9. The molecule has 0 aromatic heterocycles. The van der Waals surface area contributed by atoms with Gasteiger partial charge in [-0.05, 0) is 65.3 Å². The van der Waals surface area contributed by atoms with Crippen LogP contribution < -0.4 is 4.74 Å². The van der Waals surface area contributed by atoms with Crippen molar-refractivity contribution in [3.63, 3.8) is 0 Å². The van der Waals surface area contributed by atoms with Gasteiger partial charge < -0.3 is 14.5 Å². The Morgan fingerprint density at radius 1 is 0.946 bits per heavy atom. The molecule has 0 unspecified atom stereocenters. The van der Waals surface area contributed by atoms with Gasteiger partial charge in [0.05, 0.1) is 19.1 Å². The molecule has 0 saturated carbocycles. The smallest absolute Gasteiger partial charge is 0.255 e. The van der Waals surface area contributed by atoms with Crippen LogP contribution in [0.5, 0.6) is 5.75 Å². The largest absolute Gasteiger partial charge is 0.497 e. The Balaban J connectivity index is 1.64. The van der Waals surface area contributed by atoms with Crippen molar-refractivity contribution in [3.8, 4) is 5.75 Å². The standard InChI is InChI=1S/C31H33FN2O3/c1-20-16-21(2)18-33(17-20)31(36)28-26-6-4-5-7-27(26)30(35)34(19-22-8-12-24(32)13-9-22)29(28)23-10-14-25(37-3)15-11-23/h4-15,20-21,28-29H,16-19H2,1-3H3/t20-,21-,28+,29+/m0/s1. The van der Waals surface area contributed by atoms with E-state index in [0.29, 0.717) is 36.2 Å². The molecule has 2 amide bonds. The van der Waals surface area contributed by atoms with Crippen molar-refractivity contribution in [1.82, 2.24) is 9.80 Å². The molecule has 2 heterocycles. The fourth-order valence-electron chi connectivity index (χ4n) is 6.03. The van der Waals surface area contributed by atoms with Crippen molar-refractivity contribution in [2.45, 2.75) is 38.8 Å². The molecule has 2 aliphatic heterocycles. The van der Waals surface area contributed by atoms with Gasteiger partial charge in [-0.1, -0.05) is 56.3 Å². The summed E-state index contributed by atoms with van der Waals surface area (Å²) in [7, 11) is 1.61. The number of amides is 2. The molecule has 0 aliphatic carbocycles. The number of nitrogens with zero attached hydrogens (tertiary/aromatic N) is 2. The van der Waals surface area contributed by atoms with Crippen LogP contribution in [0.2, 0.25) is 0 Å². The van der Waals surface area contributed by atoms with Gasteiger partial charge in [-0.15, -0.1) is 0 Å². The average molecular weight is 501 g/mol. The maximum Gasteiger partial charge on any atom is 0.255 e. The van der Waals surface area contributed by atoms with E-state index in [4.69, 9.17) is 4.74 Å². The first kappa shape index (κ1) is 25.0. The summed E-state index contributed by atoms with van der Waals surface area (Å²) in [5.41, 5.74) is 2.98. The van der Waals surface area contributed by atoms with E-state index in [2.05, 4.69) is 13.8 Å². The van der Waals surface area contributed by atoms with Crippen molar-refractivity contribution in [2.75, 3.05) is 20.2 Å². The molecular formula is C31H33FN2O3. The summed E-state index contributed by atoms with van der Waals surface area (Å²) >= 11 is 0. The normalized spacial score (nSPS) is 23.5. The number of fused-ring (bicyclic) bond motifs is 1. The number of likely N-dealkylation sites (tertiary alicyclic amines) is 1. The van der Waals surface area contributed by atoms with Crippen LogP contribution >= 0.6 is 0 Å². The van der Waals surface area contributed by atoms with E-state index >= 15 is 0 Å². The van der Waals surface area contributed by atoms with Gasteiger partial charge in [-0.2, -0.15) is 0 Å². The summed E-state index contributed by atoms with van der Waals surface area (Å²) in [6.45, 7) is 6.07. The van der Waals surface area contributed by atoms with Crippen molar-refractivity contribution in [1.29, 1.82) is 0 Å². The first-order valence-electron chi connectivity index (χ1n) is 12.9. The summed E-state index contributed by atoms with van der Waals surface area (Å²) in [5.74, 6) is 0.574. The molecule has 192 valence electrons. The maximum atomic E-state index is 14.4. The van der Waals surface area contributed by atoms with E-state index < -0.39 is 12.0 Å². The summed E-state index contributed by atoms with van der Waals surface area (Å²) in [6.07, 6.45) is 1.10. The number of ether oxygens (including phenoxy) is 1. The fraction of sp³-hybridized carbons (Fsp3) is 0.355. The van der Waals surface area contributed by atoms with Gasteiger partial charge in [0.1, 0.15) is 11.6 Å². The third-order valence-corrected chi connectivity index (χ3v) is 7.61. The summed E-state index contributed by atoms with van der Waals surface area (Å²) in [4.78, 5) is 32.1. The molecule has 3 aromatic carbocycles. The zero-order chi connectivity index (χ0) is 26.1. The number of rotatable bonds is 5. The number of carbonyl (C=O) groups is 2. The number of halogens is 1. The highest BCUT2D eigenvalue weighted by Gasteiger charge is 2.46. The predicted octanol–water partition coefficient (Wildman–Crippen LogP) is 5.82. The minimum atomic E-state index is -0.555. The van der Waals surface area contributed by atoms with E-state index in [0.717, 1.165) is 23.1 Å². The Hall–Kier alpha value is -3.67. The van der Waals surface area contributed by atoms with Crippen LogP contribution in [-0.4, -0.2) is 41.8 Å². The summed E-state index contributed by atoms with van der Waals surface area (Å²) in [5, 5.41) is 0. The number of hydrogen-bond donors (Lipinski definition) is 0. The molecule has 6 heteroatoms. The first-order chi connectivity index (χ1) is 17.9. The SMILES string of the molecule is COc1ccc([C@@H]2[C@H](C(=O)N3C[C@@H](C)C[C@H](C)C3)c3ccccc3C(=O)N2Cc2ccc(F)cc2)cc1. The fourth-order valence-corrected chi connectivity index (χ4v) is 6.03. The van der Waals surface area contributed by atoms with E-state index in [-0.39, 0.29) is 24.2 Å². The van der Waals surface area contributed by atoms with Crippen LogP contribution in [0.1, 0.15) is 59.3 Å². The highest BCUT2D eigenvalue weighted by atomic mass is 19.1. The van der Waals surface area contributed by atoms with Gasteiger partial charge in [0.2, 0.25) is 5.91 Å². The topological polar surface area (TPSA) is 49.9 Å². The van der Waals surface area contributed by atoms with Gasteiger partial charge >= 0.3 is 0 Å². The molecule has 3 aromatic rings. The molecule has 1 saturated heterocycles. The molecular weight excluding hydrogens is 467 g/mol. The van der Waals surface area contributed by atoms with Crippen molar-refractivity contribution >= 4 is 11.8 Å². The van der Waals surface area contributed by atoms with E-state index in [9.17, 15) is 14.0 Å². The van der Waals surface area contributed by atoms with Gasteiger partial charge in [-0.3, -0.25) is 9.59 Å². The molecule has 0 spiro atoms. The maximum absolute atomic E-state index is 14.4. The monoisotopic (exact) mass is 500 g/mol. The molecule has 4 atom stereocenters. The van der Waals surface area contributed by atoms with E-state index in [1.165, 1.54) is 12.1 Å². The Bertz CT molecular complexity index is 1260. The van der Waals surface area contributed by atoms with Crippen LogP contribution in [0, 0.1) is 17.7 Å². The number of benzene rings is 3. The predicted molar refractivity (Wildman–Crippen MR) is 141 cm³/mol. The second-order valence-corrected chi connectivity index (χ2v) is 10.5. The van der Waals surface area contributed by atoms with Gasteiger partial charge in [0, 0.05) is 25.2 Å². The second kappa shape index (κ2) is 10.4. The van der Waals surface area contributed by atoms with Gasteiger partial charge in [0.25, 0.3) is 5.91 Å². The van der Waals surface area contributed by atoms with Crippen molar-refractivity contribution < 1.29 is 18.7 Å². The molecule has 0 radical (unpaired) electrons. The molecule has 1 fully saturated rings. The van der Waals surface area contributed by atoms with Gasteiger partial charge in [0.15, 0.2) is 0 Å². The lowest BCUT2D eigenvalue weighted by molar-refractivity contribution is -0.137. The Morgan fingerprint density at radius 3 is 2.24 bits per heavy atom. The Labute approximate surface area is 217 Å². The molecule has 0 N–H and O–H groups in total. The summed E-state index contributed by atoms with van der Waals surface area (Å²) < 4.78 is 19.0. The number of piperidine rings is 1. The Morgan fingerprint density at radius 2 is 1.59 bits per heavy atom. The lowest BCUT2D eigenvalue weighted by Crippen LogP contribution is -2.50. The molecule has 5 nitrogen and oxygen atoms in total. The lowest BCUT2D eigenvalue weighted by Gasteiger charge is -2.45. The van der Waals surface area contributed by atoms with Crippen molar-refractivity contribution in [3.05, 3.63) is 101 Å². The zero-order valence-electron chi connectivity index (χ0n) is 21.6. The number of methoxy groups -OCH3 is 1. The quantitative estimate of drug-likeness (QED) is 0.444. The number of carbonyl (C=O) groups excluding carboxylic acids is 2. The molecule has 2 aliphatic rings. The Kier molecular flexibility index (Phi) is 7.00. The van der Waals surface area contributed by atoms with Crippen LogP contribution in [0.3, 0.4) is 0 Å². The van der Waals surface area contributed by atoms with Crippen LogP contribution in [0.15, 0.2) is 72.8 Å². The molecule has 37 heavy (non-hydrogen) atoms. The third kappa shape index (κ3) is 4.97. The lowest BCUT2D eigenvalue weighted by atomic mass is 9.78. The highest BCUT2D eigenvalue weighted by molar-refractivity contribution is 6.01. The van der Waals surface area contributed by atoms with Crippen LogP contribution in [0.4, 0.5) is 4.39 Å². The molecule has 0 bridgehead atoms. The van der Waals surface area contributed by atoms with Crippen LogP contribution in [-0.2, 0) is 11.3 Å². The minimum Gasteiger partial charge on any atom is -0.497 e. The van der Waals surface area contributed by atoms with Gasteiger partial charge in [-0.25, -0.2) is 4.39 Å². The molecule has 5 rings (SSSR count). The second-order valence-electron chi connectivity index (χ2n) is 10.5.